The minimum Gasteiger partial charge on any atom is -0.301 e. The monoisotopic (exact) mass is 315 g/mol. The first-order valence-corrected chi connectivity index (χ1v) is 7.58. The highest BCUT2D eigenvalue weighted by Crippen LogP contribution is 2.29. The van der Waals surface area contributed by atoms with Crippen LogP contribution in [0.5, 0.6) is 0 Å². The number of thioether (sulfide) groups is 1. The van der Waals surface area contributed by atoms with Crippen LogP contribution in [0.2, 0.25) is 0 Å². The van der Waals surface area contributed by atoms with Crippen LogP contribution < -0.4 is 5.32 Å². The van der Waals surface area contributed by atoms with Gasteiger partial charge in [-0.3, -0.25) is 4.79 Å². The van der Waals surface area contributed by atoms with Gasteiger partial charge in [-0.2, -0.15) is 0 Å². The number of hydrogen-bond acceptors (Lipinski definition) is 5. The highest BCUT2D eigenvalue weighted by atomic mass is 32.2. The molecule has 0 saturated carbocycles. The number of anilines is 1. The molecule has 0 saturated heterocycles. The van der Waals surface area contributed by atoms with E-state index in [-0.39, 0.29) is 5.91 Å². The third-order valence-corrected chi connectivity index (χ3v) is 4.36. The van der Waals surface area contributed by atoms with Crippen LogP contribution in [0.4, 0.5) is 13.9 Å². The average molecular weight is 315 g/mol. The molecule has 2 aromatic rings. The van der Waals surface area contributed by atoms with E-state index in [1.54, 1.807) is 6.92 Å². The van der Waals surface area contributed by atoms with Crippen molar-refractivity contribution in [2.45, 2.75) is 23.4 Å². The molecular formula is C12H11F2N3OS2. The van der Waals surface area contributed by atoms with Gasteiger partial charge >= 0.3 is 0 Å². The lowest BCUT2D eigenvalue weighted by Crippen LogP contribution is -2.08. The second-order valence-electron chi connectivity index (χ2n) is 3.80. The van der Waals surface area contributed by atoms with Gasteiger partial charge in [-0.15, -0.1) is 10.2 Å². The summed E-state index contributed by atoms with van der Waals surface area (Å²) in [4.78, 5) is 11.2. The van der Waals surface area contributed by atoms with Gasteiger partial charge < -0.3 is 5.32 Å². The Morgan fingerprint density at radius 3 is 2.90 bits per heavy atom. The average Bonchev–Trinajstić information content (AvgIpc) is 2.85. The van der Waals surface area contributed by atoms with Crippen LogP contribution in [0.1, 0.15) is 18.9 Å². The molecular weight excluding hydrogens is 304 g/mol. The van der Waals surface area contributed by atoms with Crippen molar-refractivity contribution in [1.29, 1.82) is 0 Å². The molecule has 1 aromatic carbocycles. The highest BCUT2D eigenvalue weighted by Gasteiger charge is 2.09. The molecule has 0 aliphatic heterocycles. The van der Waals surface area contributed by atoms with E-state index in [2.05, 4.69) is 15.5 Å². The van der Waals surface area contributed by atoms with Crippen molar-refractivity contribution in [2.75, 3.05) is 5.32 Å². The number of carbonyl (C=O) groups excluding carboxylic acids is 1. The van der Waals surface area contributed by atoms with Gasteiger partial charge in [0, 0.05) is 18.2 Å². The molecule has 20 heavy (non-hydrogen) atoms. The predicted octanol–water partition coefficient (Wildman–Crippen LogP) is 3.46. The number of hydrogen-bond donors (Lipinski definition) is 1. The van der Waals surface area contributed by atoms with Gasteiger partial charge in [0.2, 0.25) is 11.0 Å². The summed E-state index contributed by atoms with van der Waals surface area (Å²) >= 11 is 2.50. The van der Waals surface area contributed by atoms with Crippen LogP contribution in [-0.4, -0.2) is 16.1 Å². The van der Waals surface area contributed by atoms with Crippen molar-refractivity contribution in [3.63, 3.8) is 0 Å². The summed E-state index contributed by atoms with van der Waals surface area (Å²) in [5.74, 6) is -0.997. The summed E-state index contributed by atoms with van der Waals surface area (Å²) in [5.41, 5.74) is 0.394. The first kappa shape index (κ1) is 14.9. The molecule has 0 aliphatic carbocycles. The van der Waals surface area contributed by atoms with Crippen LogP contribution in [0.15, 0.2) is 22.5 Å². The number of rotatable bonds is 5. The Labute approximate surface area is 122 Å². The Hall–Kier alpha value is -1.54. The third-order valence-electron chi connectivity index (χ3n) is 2.34. The first-order valence-electron chi connectivity index (χ1n) is 5.78. The number of aromatic nitrogens is 2. The molecule has 0 unspecified atom stereocenters. The van der Waals surface area contributed by atoms with Crippen molar-refractivity contribution in [2.24, 2.45) is 0 Å². The van der Waals surface area contributed by atoms with E-state index in [0.29, 0.717) is 27.2 Å². The number of benzene rings is 1. The minimum atomic E-state index is -0.600. The SMILES string of the molecule is CCC(=O)Nc1nnc(SCc2ccc(F)cc2F)s1. The summed E-state index contributed by atoms with van der Waals surface area (Å²) in [6.07, 6.45) is 0.364. The number of amides is 1. The van der Waals surface area contributed by atoms with Crippen LogP contribution in [-0.2, 0) is 10.5 Å². The Kier molecular flexibility index (Phi) is 5.02. The second kappa shape index (κ2) is 6.76. The van der Waals surface area contributed by atoms with Gasteiger partial charge in [0.15, 0.2) is 4.34 Å². The van der Waals surface area contributed by atoms with Crippen molar-refractivity contribution in [3.05, 3.63) is 35.4 Å². The van der Waals surface area contributed by atoms with Gasteiger partial charge in [0.05, 0.1) is 0 Å². The van der Waals surface area contributed by atoms with Crippen LogP contribution in [0, 0.1) is 11.6 Å². The molecule has 1 aromatic heterocycles. The molecule has 0 bridgehead atoms. The lowest BCUT2D eigenvalue weighted by molar-refractivity contribution is -0.115. The van der Waals surface area contributed by atoms with E-state index >= 15 is 0 Å². The van der Waals surface area contributed by atoms with Crippen molar-refractivity contribution < 1.29 is 13.6 Å². The van der Waals surface area contributed by atoms with Crippen LogP contribution in [0.25, 0.3) is 0 Å². The van der Waals surface area contributed by atoms with Crippen LogP contribution in [0.3, 0.4) is 0 Å². The maximum Gasteiger partial charge on any atom is 0.225 e. The van der Waals surface area contributed by atoms with Gasteiger partial charge in [0.25, 0.3) is 0 Å². The number of nitrogens with one attached hydrogen (secondary N) is 1. The lowest BCUT2D eigenvalue weighted by atomic mass is 10.2. The van der Waals surface area contributed by atoms with E-state index in [1.165, 1.54) is 35.2 Å². The molecule has 1 heterocycles. The highest BCUT2D eigenvalue weighted by molar-refractivity contribution is 8.00. The van der Waals surface area contributed by atoms with Crippen LogP contribution >= 0.6 is 23.1 Å². The topological polar surface area (TPSA) is 54.9 Å². The summed E-state index contributed by atoms with van der Waals surface area (Å²) in [7, 11) is 0. The molecule has 4 nitrogen and oxygen atoms in total. The minimum absolute atomic E-state index is 0.137. The number of halogens is 2. The smallest absolute Gasteiger partial charge is 0.225 e. The first-order chi connectivity index (χ1) is 9.58. The molecule has 0 radical (unpaired) electrons. The standard InChI is InChI=1S/C12H11F2N3OS2/c1-2-10(18)15-11-16-17-12(20-11)19-6-7-3-4-8(13)5-9(7)14/h3-5H,2,6H2,1H3,(H,15,16,18). The van der Waals surface area contributed by atoms with E-state index in [4.69, 9.17) is 0 Å². The second-order valence-corrected chi connectivity index (χ2v) is 6.00. The molecule has 1 amide bonds. The van der Waals surface area contributed by atoms with E-state index in [0.717, 1.165) is 6.07 Å². The Balaban J connectivity index is 1.95. The molecule has 8 heteroatoms. The number of nitrogens with zero attached hydrogens (tertiary/aromatic N) is 2. The molecule has 0 spiro atoms. The van der Waals surface area contributed by atoms with Gasteiger partial charge in [-0.05, 0) is 11.6 Å². The molecule has 2 rings (SSSR count). The maximum atomic E-state index is 13.4. The zero-order chi connectivity index (χ0) is 14.5. The van der Waals surface area contributed by atoms with Crippen molar-refractivity contribution in [3.8, 4) is 0 Å². The zero-order valence-corrected chi connectivity index (χ0v) is 12.2. The molecule has 0 aliphatic rings. The number of carbonyl (C=O) groups is 1. The third kappa shape index (κ3) is 3.97. The van der Waals surface area contributed by atoms with Crippen molar-refractivity contribution in [1.82, 2.24) is 10.2 Å². The Morgan fingerprint density at radius 2 is 2.20 bits per heavy atom. The summed E-state index contributed by atoms with van der Waals surface area (Å²) < 4.78 is 26.8. The van der Waals surface area contributed by atoms with Gasteiger partial charge in [-0.1, -0.05) is 36.1 Å². The van der Waals surface area contributed by atoms with E-state index in [1.807, 2.05) is 0 Å². The molecule has 1 N–H and O–H groups in total. The van der Waals surface area contributed by atoms with Crippen molar-refractivity contribution >= 4 is 34.1 Å². The fourth-order valence-electron chi connectivity index (χ4n) is 1.30. The zero-order valence-electron chi connectivity index (χ0n) is 10.5. The summed E-state index contributed by atoms with van der Waals surface area (Å²) in [6.45, 7) is 1.74. The Bertz CT molecular complexity index is 618. The summed E-state index contributed by atoms with van der Waals surface area (Å²) in [5, 5.41) is 10.7. The normalized spacial score (nSPS) is 10.6. The molecule has 106 valence electrons. The van der Waals surface area contributed by atoms with E-state index < -0.39 is 11.6 Å². The fourth-order valence-corrected chi connectivity index (χ4v) is 3.06. The summed E-state index contributed by atoms with van der Waals surface area (Å²) in [6, 6.07) is 3.47. The predicted molar refractivity (Wildman–Crippen MR) is 74.7 cm³/mol. The van der Waals surface area contributed by atoms with Gasteiger partial charge in [-0.25, -0.2) is 8.78 Å². The van der Waals surface area contributed by atoms with Gasteiger partial charge in [0.1, 0.15) is 11.6 Å². The fraction of sp³-hybridized carbons (Fsp3) is 0.250. The Morgan fingerprint density at radius 1 is 1.40 bits per heavy atom. The molecule has 0 atom stereocenters. The maximum absolute atomic E-state index is 13.4. The quantitative estimate of drug-likeness (QED) is 0.678. The molecule has 0 fully saturated rings. The largest absolute Gasteiger partial charge is 0.301 e. The lowest BCUT2D eigenvalue weighted by Gasteiger charge is -2.00. The van der Waals surface area contributed by atoms with E-state index in [9.17, 15) is 13.6 Å².